The molecule has 18 heavy (non-hydrogen) atoms. The van der Waals surface area contributed by atoms with Gasteiger partial charge in [-0.2, -0.15) is 5.26 Å². The first-order chi connectivity index (χ1) is 8.85. The Kier molecular flexibility index (Phi) is 2.71. The van der Waals surface area contributed by atoms with Crippen LogP contribution in [0.1, 0.15) is 5.56 Å². The molecule has 0 unspecified atom stereocenters. The lowest BCUT2D eigenvalue weighted by Crippen LogP contribution is -1.89. The van der Waals surface area contributed by atoms with Crippen LogP contribution in [0.4, 0.5) is 11.4 Å². The Labute approximate surface area is 109 Å². The highest BCUT2D eigenvalue weighted by atomic mass is 32.1. The number of nitrogens with zero attached hydrogens (tertiary/aromatic N) is 1. The summed E-state index contributed by atoms with van der Waals surface area (Å²) in [5.74, 6) is 0. The van der Waals surface area contributed by atoms with Gasteiger partial charge in [-0.05, 0) is 59.3 Å². The zero-order chi connectivity index (χ0) is 12.4. The molecule has 86 valence electrons. The van der Waals surface area contributed by atoms with E-state index in [-0.39, 0.29) is 0 Å². The maximum Gasteiger partial charge on any atom is 0.0991 e. The molecule has 0 spiro atoms. The highest BCUT2D eigenvalue weighted by Crippen LogP contribution is 2.25. The van der Waals surface area contributed by atoms with Crippen LogP contribution in [0.15, 0.2) is 53.9 Å². The third-order valence-corrected chi connectivity index (χ3v) is 3.65. The van der Waals surface area contributed by atoms with Crippen molar-refractivity contribution in [1.82, 2.24) is 0 Å². The molecule has 1 heterocycles. The van der Waals surface area contributed by atoms with E-state index in [1.165, 1.54) is 10.1 Å². The average molecular weight is 250 g/mol. The number of anilines is 2. The van der Waals surface area contributed by atoms with E-state index in [4.69, 9.17) is 5.26 Å². The lowest BCUT2D eigenvalue weighted by molar-refractivity contribution is 1.48. The molecule has 0 aliphatic carbocycles. The van der Waals surface area contributed by atoms with Gasteiger partial charge in [0.15, 0.2) is 0 Å². The van der Waals surface area contributed by atoms with Crippen LogP contribution in [-0.2, 0) is 0 Å². The molecule has 2 nitrogen and oxygen atoms in total. The first-order valence-electron chi connectivity index (χ1n) is 5.59. The molecule has 0 atom stereocenters. The Bertz CT molecular complexity index is 720. The van der Waals surface area contributed by atoms with E-state index in [0.29, 0.717) is 5.56 Å². The first kappa shape index (κ1) is 10.8. The van der Waals surface area contributed by atoms with Crippen LogP contribution in [0.25, 0.3) is 10.1 Å². The minimum Gasteiger partial charge on any atom is -0.356 e. The summed E-state index contributed by atoms with van der Waals surface area (Å²) in [6, 6.07) is 18.0. The van der Waals surface area contributed by atoms with Gasteiger partial charge in [-0.15, -0.1) is 11.3 Å². The highest BCUT2D eigenvalue weighted by Gasteiger charge is 1.98. The summed E-state index contributed by atoms with van der Waals surface area (Å²) in [6.45, 7) is 0. The van der Waals surface area contributed by atoms with Crippen molar-refractivity contribution in [2.75, 3.05) is 5.32 Å². The predicted molar refractivity (Wildman–Crippen MR) is 76.3 cm³/mol. The second kappa shape index (κ2) is 4.52. The lowest BCUT2D eigenvalue weighted by Gasteiger charge is -2.06. The number of hydrogen-bond acceptors (Lipinski definition) is 3. The van der Waals surface area contributed by atoms with Crippen LogP contribution in [0.5, 0.6) is 0 Å². The predicted octanol–water partition coefficient (Wildman–Crippen LogP) is 4.52. The van der Waals surface area contributed by atoms with Crippen molar-refractivity contribution in [2.45, 2.75) is 0 Å². The SMILES string of the molecule is N#Cc1ccc(Nc2ccc3sccc3c2)cc1. The van der Waals surface area contributed by atoms with Gasteiger partial charge in [0.1, 0.15) is 0 Å². The fourth-order valence-corrected chi connectivity index (χ4v) is 2.61. The Hall–Kier alpha value is -2.31. The molecule has 1 aromatic heterocycles. The van der Waals surface area contributed by atoms with Crippen molar-refractivity contribution in [3.63, 3.8) is 0 Å². The van der Waals surface area contributed by atoms with Crippen molar-refractivity contribution in [1.29, 1.82) is 5.26 Å². The Morgan fingerprint density at radius 3 is 2.50 bits per heavy atom. The van der Waals surface area contributed by atoms with Crippen molar-refractivity contribution in [3.8, 4) is 6.07 Å². The second-order valence-electron chi connectivity index (χ2n) is 3.99. The summed E-state index contributed by atoms with van der Waals surface area (Å²) in [7, 11) is 0. The Balaban J connectivity index is 1.88. The van der Waals surface area contributed by atoms with Crippen LogP contribution in [0.3, 0.4) is 0 Å². The molecule has 0 aliphatic heterocycles. The zero-order valence-electron chi connectivity index (χ0n) is 9.55. The number of benzene rings is 2. The van der Waals surface area contributed by atoms with Crippen molar-refractivity contribution >= 4 is 32.8 Å². The second-order valence-corrected chi connectivity index (χ2v) is 4.94. The van der Waals surface area contributed by atoms with Crippen molar-refractivity contribution < 1.29 is 0 Å². The third-order valence-electron chi connectivity index (χ3n) is 2.76. The molecule has 0 saturated carbocycles. The van der Waals surface area contributed by atoms with Crippen molar-refractivity contribution in [3.05, 3.63) is 59.5 Å². The van der Waals surface area contributed by atoms with Gasteiger partial charge in [0.2, 0.25) is 0 Å². The van der Waals surface area contributed by atoms with Gasteiger partial charge in [-0.3, -0.25) is 0 Å². The van der Waals surface area contributed by atoms with E-state index >= 15 is 0 Å². The minimum absolute atomic E-state index is 0.675. The molecule has 0 saturated heterocycles. The Morgan fingerprint density at radius 2 is 1.72 bits per heavy atom. The molecule has 0 amide bonds. The van der Waals surface area contributed by atoms with E-state index in [2.05, 4.69) is 41.0 Å². The van der Waals surface area contributed by atoms with E-state index in [1.54, 1.807) is 11.3 Å². The van der Waals surface area contributed by atoms with Crippen LogP contribution in [-0.4, -0.2) is 0 Å². The Morgan fingerprint density at radius 1 is 0.944 bits per heavy atom. The van der Waals surface area contributed by atoms with E-state index < -0.39 is 0 Å². The maximum atomic E-state index is 8.74. The largest absolute Gasteiger partial charge is 0.356 e. The van der Waals surface area contributed by atoms with Crippen LogP contribution >= 0.6 is 11.3 Å². The summed E-state index contributed by atoms with van der Waals surface area (Å²) in [5, 5.41) is 15.4. The normalized spacial score (nSPS) is 10.2. The minimum atomic E-state index is 0.675. The summed E-state index contributed by atoms with van der Waals surface area (Å²) >= 11 is 1.74. The summed E-state index contributed by atoms with van der Waals surface area (Å²) in [5.41, 5.74) is 2.73. The maximum absolute atomic E-state index is 8.74. The fraction of sp³-hybridized carbons (Fsp3) is 0. The van der Waals surface area contributed by atoms with Crippen LogP contribution < -0.4 is 5.32 Å². The number of thiophene rings is 1. The quantitative estimate of drug-likeness (QED) is 0.726. The number of hydrogen-bond donors (Lipinski definition) is 1. The number of nitrogens with one attached hydrogen (secondary N) is 1. The van der Waals surface area contributed by atoms with E-state index in [9.17, 15) is 0 Å². The van der Waals surface area contributed by atoms with Crippen LogP contribution in [0, 0.1) is 11.3 Å². The molecule has 3 aromatic rings. The molecule has 0 bridgehead atoms. The van der Waals surface area contributed by atoms with E-state index in [1.807, 2.05) is 24.3 Å². The van der Waals surface area contributed by atoms with Gasteiger partial charge < -0.3 is 5.32 Å². The van der Waals surface area contributed by atoms with Gasteiger partial charge in [-0.1, -0.05) is 0 Å². The fourth-order valence-electron chi connectivity index (χ4n) is 1.84. The smallest absolute Gasteiger partial charge is 0.0991 e. The molecule has 3 rings (SSSR count). The number of nitriles is 1. The first-order valence-corrected chi connectivity index (χ1v) is 6.47. The topological polar surface area (TPSA) is 35.8 Å². The van der Waals surface area contributed by atoms with Gasteiger partial charge in [-0.25, -0.2) is 0 Å². The lowest BCUT2D eigenvalue weighted by atomic mass is 10.2. The molecule has 2 aromatic carbocycles. The molecule has 0 radical (unpaired) electrons. The number of fused-ring (bicyclic) bond motifs is 1. The molecule has 3 heteroatoms. The average Bonchev–Trinajstić information content (AvgIpc) is 2.87. The van der Waals surface area contributed by atoms with Gasteiger partial charge in [0.25, 0.3) is 0 Å². The molecule has 1 N–H and O–H groups in total. The van der Waals surface area contributed by atoms with E-state index in [0.717, 1.165) is 11.4 Å². The molecular formula is C15H10N2S. The molecule has 0 aliphatic rings. The summed E-state index contributed by atoms with van der Waals surface area (Å²) < 4.78 is 1.29. The van der Waals surface area contributed by atoms with Crippen molar-refractivity contribution in [2.24, 2.45) is 0 Å². The summed E-state index contributed by atoms with van der Waals surface area (Å²) in [6.07, 6.45) is 0. The van der Waals surface area contributed by atoms with Gasteiger partial charge in [0.05, 0.1) is 11.6 Å². The van der Waals surface area contributed by atoms with Gasteiger partial charge >= 0.3 is 0 Å². The van der Waals surface area contributed by atoms with Crippen LogP contribution in [0.2, 0.25) is 0 Å². The summed E-state index contributed by atoms with van der Waals surface area (Å²) in [4.78, 5) is 0. The molecule has 0 fully saturated rings. The molecular weight excluding hydrogens is 240 g/mol. The number of rotatable bonds is 2. The standard InChI is InChI=1S/C15H10N2S/c16-10-11-1-3-13(4-2-11)17-14-5-6-15-12(9-14)7-8-18-15/h1-9,17H. The third kappa shape index (κ3) is 2.06. The zero-order valence-corrected chi connectivity index (χ0v) is 10.4. The monoisotopic (exact) mass is 250 g/mol. The highest BCUT2D eigenvalue weighted by molar-refractivity contribution is 7.17. The van der Waals surface area contributed by atoms with Gasteiger partial charge in [0, 0.05) is 16.1 Å².